The summed E-state index contributed by atoms with van der Waals surface area (Å²) < 4.78 is 0. The van der Waals surface area contributed by atoms with E-state index in [1.807, 2.05) is 12.2 Å². The summed E-state index contributed by atoms with van der Waals surface area (Å²) in [6, 6.07) is 0. The largest absolute Gasteiger partial charge is 0.476 e. The number of carboxylic acids is 1. The summed E-state index contributed by atoms with van der Waals surface area (Å²) in [6.45, 7) is 2.06. The van der Waals surface area contributed by atoms with E-state index in [1.54, 1.807) is 0 Å². The Morgan fingerprint density at radius 1 is 1.25 bits per heavy atom. The van der Waals surface area contributed by atoms with Crippen LogP contribution < -0.4 is 0 Å². The van der Waals surface area contributed by atoms with Crippen LogP contribution in [0.1, 0.15) is 32.6 Å². The number of carboxylic acid groups (broad SMARTS) is 1. The van der Waals surface area contributed by atoms with Gasteiger partial charge in [-0.2, -0.15) is 0 Å². The van der Waals surface area contributed by atoms with Crippen LogP contribution in [0.15, 0.2) is 12.2 Å². The highest BCUT2D eigenvalue weighted by Crippen LogP contribution is 1.95. The normalized spacial score (nSPS) is 10.4. The van der Waals surface area contributed by atoms with Crippen LogP contribution in [0.25, 0.3) is 0 Å². The first-order valence-electron chi connectivity index (χ1n) is 4.09. The zero-order valence-electron chi connectivity index (χ0n) is 7.25. The Balaban J connectivity index is 3.43. The minimum absolute atomic E-state index is 0.107. The second kappa shape index (κ2) is 6.58. The molecule has 0 bridgehead atoms. The van der Waals surface area contributed by atoms with E-state index < -0.39 is 11.8 Å². The van der Waals surface area contributed by atoms with Gasteiger partial charge < -0.3 is 5.11 Å². The molecule has 3 nitrogen and oxygen atoms in total. The third-order valence-corrected chi connectivity index (χ3v) is 1.40. The number of hydrogen-bond donors (Lipinski definition) is 1. The molecule has 12 heavy (non-hydrogen) atoms. The number of rotatable bonds is 6. The minimum atomic E-state index is -1.33. The Kier molecular flexibility index (Phi) is 5.97. The molecule has 0 heterocycles. The van der Waals surface area contributed by atoms with Gasteiger partial charge in [0.2, 0.25) is 5.78 Å². The van der Waals surface area contributed by atoms with Crippen molar-refractivity contribution in [3.8, 4) is 0 Å². The molecule has 0 aliphatic heterocycles. The van der Waals surface area contributed by atoms with Gasteiger partial charge in [-0.3, -0.25) is 4.79 Å². The number of allylic oxidation sites excluding steroid dienone is 2. The molecule has 0 atom stereocenters. The van der Waals surface area contributed by atoms with Crippen LogP contribution in [0.2, 0.25) is 0 Å². The predicted molar refractivity (Wildman–Crippen MR) is 45.9 cm³/mol. The summed E-state index contributed by atoms with van der Waals surface area (Å²) in [5.74, 6) is -2.05. The van der Waals surface area contributed by atoms with E-state index in [4.69, 9.17) is 5.11 Å². The zero-order valence-corrected chi connectivity index (χ0v) is 7.25. The van der Waals surface area contributed by atoms with Crippen molar-refractivity contribution in [2.45, 2.75) is 32.6 Å². The number of carbonyl (C=O) groups is 2. The van der Waals surface area contributed by atoms with Crippen LogP contribution in [0.3, 0.4) is 0 Å². The SMILES string of the molecule is CCCC=CCCC(=O)C(=O)O. The van der Waals surface area contributed by atoms with Gasteiger partial charge in [-0.05, 0) is 12.8 Å². The fraction of sp³-hybridized carbons (Fsp3) is 0.556. The highest BCUT2D eigenvalue weighted by Gasteiger charge is 2.08. The lowest BCUT2D eigenvalue weighted by molar-refractivity contribution is -0.149. The smallest absolute Gasteiger partial charge is 0.372 e. The molecule has 0 spiro atoms. The summed E-state index contributed by atoms with van der Waals surface area (Å²) >= 11 is 0. The van der Waals surface area contributed by atoms with Crippen molar-refractivity contribution in [3.05, 3.63) is 12.2 Å². The van der Waals surface area contributed by atoms with Crippen molar-refractivity contribution >= 4 is 11.8 Å². The van der Waals surface area contributed by atoms with Crippen LogP contribution in [0.4, 0.5) is 0 Å². The molecule has 0 aliphatic rings. The van der Waals surface area contributed by atoms with E-state index in [0.717, 1.165) is 12.8 Å². The molecule has 0 radical (unpaired) electrons. The zero-order chi connectivity index (χ0) is 9.40. The summed E-state index contributed by atoms with van der Waals surface area (Å²) in [7, 11) is 0. The second-order valence-corrected chi connectivity index (χ2v) is 2.53. The highest BCUT2D eigenvalue weighted by molar-refractivity contribution is 6.32. The molecule has 0 aromatic carbocycles. The van der Waals surface area contributed by atoms with E-state index in [9.17, 15) is 9.59 Å². The minimum Gasteiger partial charge on any atom is -0.476 e. The van der Waals surface area contributed by atoms with Crippen molar-refractivity contribution < 1.29 is 14.7 Å². The Morgan fingerprint density at radius 2 is 1.83 bits per heavy atom. The topological polar surface area (TPSA) is 54.4 Å². The fourth-order valence-corrected chi connectivity index (χ4v) is 0.724. The van der Waals surface area contributed by atoms with Crippen molar-refractivity contribution in [3.63, 3.8) is 0 Å². The van der Waals surface area contributed by atoms with Gasteiger partial charge in [0.15, 0.2) is 0 Å². The summed E-state index contributed by atoms with van der Waals surface area (Å²) in [4.78, 5) is 20.6. The monoisotopic (exact) mass is 170 g/mol. The molecule has 1 N–H and O–H groups in total. The third kappa shape index (κ3) is 5.65. The number of ketones is 1. The maximum absolute atomic E-state index is 10.5. The Hall–Kier alpha value is -1.12. The molecule has 0 aromatic heterocycles. The molecule has 0 rings (SSSR count). The molecule has 0 aromatic rings. The molecule has 0 saturated carbocycles. The Labute approximate surface area is 72.1 Å². The van der Waals surface area contributed by atoms with Crippen LogP contribution in [-0.4, -0.2) is 16.9 Å². The van der Waals surface area contributed by atoms with Gasteiger partial charge in [-0.25, -0.2) is 4.79 Å². The first-order chi connectivity index (χ1) is 5.68. The lowest BCUT2D eigenvalue weighted by Crippen LogP contribution is -2.11. The van der Waals surface area contributed by atoms with E-state index >= 15 is 0 Å². The van der Waals surface area contributed by atoms with Crippen LogP contribution >= 0.6 is 0 Å². The number of aliphatic carboxylic acids is 1. The standard InChI is InChI=1S/C9H14O3/c1-2-3-4-5-6-7-8(10)9(11)12/h4-5H,2-3,6-7H2,1H3,(H,11,12). The summed E-state index contributed by atoms with van der Waals surface area (Å²) in [5, 5.41) is 8.21. The van der Waals surface area contributed by atoms with Crippen LogP contribution in [-0.2, 0) is 9.59 Å². The maximum Gasteiger partial charge on any atom is 0.372 e. The van der Waals surface area contributed by atoms with E-state index in [2.05, 4.69) is 6.92 Å². The number of unbranched alkanes of at least 4 members (excludes halogenated alkanes) is 1. The van der Waals surface area contributed by atoms with Crippen molar-refractivity contribution in [1.29, 1.82) is 0 Å². The molecule has 0 saturated heterocycles. The molecule has 0 fully saturated rings. The third-order valence-electron chi connectivity index (χ3n) is 1.40. The fourth-order valence-electron chi connectivity index (χ4n) is 0.724. The molecule has 3 heteroatoms. The van der Waals surface area contributed by atoms with Crippen LogP contribution in [0.5, 0.6) is 0 Å². The van der Waals surface area contributed by atoms with Crippen molar-refractivity contribution in [2.75, 3.05) is 0 Å². The maximum atomic E-state index is 10.5. The lowest BCUT2D eigenvalue weighted by atomic mass is 10.2. The van der Waals surface area contributed by atoms with E-state index in [0.29, 0.717) is 6.42 Å². The quantitative estimate of drug-likeness (QED) is 0.488. The summed E-state index contributed by atoms with van der Waals surface area (Å²) in [6.07, 6.45) is 6.52. The van der Waals surface area contributed by atoms with Gasteiger partial charge in [0, 0.05) is 6.42 Å². The molecular formula is C9H14O3. The number of carbonyl (C=O) groups excluding carboxylic acids is 1. The predicted octanol–water partition coefficient (Wildman–Crippen LogP) is 1.78. The Morgan fingerprint density at radius 3 is 2.33 bits per heavy atom. The summed E-state index contributed by atoms with van der Waals surface area (Å²) in [5.41, 5.74) is 0. The van der Waals surface area contributed by atoms with Gasteiger partial charge >= 0.3 is 5.97 Å². The number of hydrogen-bond acceptors (Lipinski definition) is 2. The average Bonchev–Trinajstić information content (AvgIpc) is 2.03. The lowest BCUT2D eigenvalue weighted by Gasteiger charge is -1.89. The van der Waals surface area contributed by atoms with E-state index in [1.165, 1.54) is 0 Å². The molecular weight excluding hydrogens is 156 g/mol. The van der Waals surface area contributed by atoms with Gasteiger partial charge in [-0.1, -0.05) is 25.5 Å². The molecule has 0 aliphatic carbocycles. The van der Waals surface area contributed by atoms with Gasteiger partial charge in [0.25, 0.3) is 0 Å². The first-order valence-corrected chi connectivity index (χ1v) is 4.09. The highest BCUT2D eigenvalue weighted by atomic mass is 16.4. The van der Waals surface area contributed by atoms with Crippen molar-refractivity contribution in [1.82, 2.24) is 0 Å². The van der Waals surface area contributed by atoms with Crippen LogP contribution in [0, 0.1) is 0 Å². The van der Waals surface area contributed by atoms with Crippen molar-refractivity contribution in [2.24, 2.45) is 0 Å². The first kappa shape index (κ1) is 10.9. The number of Topliss-reactive ketones (excluding diaryl/α,β-unsaturated/α-hetero) is 1. The molecule has 0 amide bonds. The van der Waals surface area contributed by atoms with E-state index in [-0.39, 0.29) is 6.42 Å². The second-order valence-electron chi connectivity index (χ2n) is 2.53. The molecule has 0 unspecified atom stereocenters. The Bertz CT molecular complexity index is 182. The van der Waals surface area contributed by atoms with Gasteiger partial charge in [0.1, 0.15) is 0 Å². The van der Waals surface area contributed by atoms with Gasteiger partial charge in [-0.15, -0.1) is 0 Å². The van der Waals surface area contributed by atoms with Gasteiger partial charge in [0.05, 0.1) is 0 Å². The average molecular weight is 170 g/mol. The molecule has 68 valence electrons.